The van der Waals surface area contributed by atoms with Crippen molar-refractivity contribution in [3.05, 3.63) is 32.8 Å². The predicted molar refractivity (Wildman–Crippen MR) is 79.7 cm³/mol. The van der Waals surface area contributed by atoms with Crippen LogP contribution in [0.2, 0.25) is 5.02 Å². The lowest BCUT2D eigenvalue weighted by atomic mass is 10.3. The van der Waals surface area contributed by atoms with Gasteiger partial charge in [0, 0.05) is 21.1 Å². The van der Waals surface area contributed by atoms with Crippen LogP contribution in [0.15, 0.2) is 10.7 Å². The minimum atomic E-state index is -0.216. The van der Waals surface area contributed by atoms with Crippen LogP contribution in [-0.4, -0.2) is 37.4 Å². The number of amides is 1. The minimum Gasteiger partial charge on any atom is -0.334 e. The van der Waals surface area contributed by atoms with Crippen molar-refractivity contribution in [3.8, 4) is 0 Å². The van der Waals surface area contributed by atoms with Gasteiger partial charge in [0.2, 0.25) is 0 Å². The Morgan fingerprint density at radius 2 is 2.10 bits per heavy atom. The molecule has 0 aromatic carbocycles. The Labute approximate surface area is 130 Å². The molecule has 0 saturated heterocycles. The molecule has 2 aromatic heterocycles. The Kier molecular flexibility index (Phi) is 4.19. The van der Waals surface area contributed by atoms with Gasteiger partial charge in [-0.25, -0.2) is 0 Å². The highest BCUT2D eigenvalue weighted by atomic mass is 79.9. The second-order valence-electron chi connectivity index (χ2n) is 4.60. The lowest BCUT2D eigenvalue weighted by Crippen LogP contribution is -2.28. The molecule has 0 fully saturated rings. The standard InChI is InChI=1S/C12H15BrClN5O/c1-7-10(14)11(16-18(7)3)12(20)17(2)6-9-8(13)5-15-19(9)4/h5H,6H2,1-4H3. The molecule has 0 spiro atoms. The summed E-state index contributed by atoms with van der Waals surface area (Å²) in [5, 5.41) is 8.68. The molecule has 0 aliphatic heterocycles. The van der Waals surface area contributed by atoms with Gasteiger partial charge in [-0.15, -0.1) is 0 Å². The smallest absolute Gasteiger partial charge is 0.276 e. The molecular weight excluding hydrogens is 346 g/mol. The minimum absolute atomic E-state index is 0.216. The van der Waals surface area contributed by atoms with E-state index in [0.717, 1.165) is 15.9 Å². The summed E-state index contributed by atoms with van der Waals surface area (Å²) in [5.74, 6) is -0.216. The monoisotopic (exact) mass is 359 g/mol. The summed E-state index contributed by atoms with van der Waals surface area (Å²) in [6.07, 6.45) is 1.70. The number of carbonyl (C=O) groups is 1. The largest absolute Gasteiger partial charge is 0.334 e. The molecule has 6 nitrogen and oxygen atoms in total. The maximum Gasteiger partial charge on any atom is 0.276 e. The zero-order valence-electron chi connectivity index (χ0n) is 11.7. The van der Waals surface area contributed by atoms with Crippen molar-refractivity contribution in [1.82, 2.24) is 24.5 Å². The molecule has 2 heterocycles. The van der Waals surface area contributed by atoms with Crippen LogP contribution in [0.1, 0.15) is 21.9 Å². The number of nitrogens with zero attached hydrogens (tertiary/aromatic N) is 5. The van der Waals surface area contributed by atoms with E-state index in [4.69, 9.17) is 11.6 Å². The normalized spacial score (nSPS) is 10.9. The van der Waals surface area contributed by atoms with Crippen molar-refractivity contribution in [1.29, 1.82) is 0 Å². The van der Waals surface area contributed by atoms with Gasteiger partial charge in [0.25, 0.3) is 5.91 Å². The zero-order valence-corrected chi connectivity index (χ0v) is 14.0. The third-order valence-corrected chi connectivity index (χ3v) is 4.32. The molecule has 20 heavy (non-hydrogen) atoms. The van der Waals surface area contributed by atoms with Crippen LogP contribution in [0.3, 0.4) is 0 Å². The molecule has 0 radical (unpaired) electrons. The van der Waals surface area contributed by atoms with Crippen LogP contribution in [0.5, 0.6) is 0 Å². The molecular formula is C12H15BrClN5O. The second kappa shape index (κ2) is 5.57. The van der Waals surface area contributed by atoms with E-state index in [0.29, 0.717) is 11.6 Å². The van der Waals surface area contributed by atoms with E-state index in [2.05, 4.69) is 26.1 Å². The summed E-state index contributed by atoms with van der Waals surface area (Å²) in [4.78, 5) is 14.0. The fourth-order valence-electron chi connectivity index (χ4n) is 1.81. The van der Waals surface area contributed by atoms with Crippen LogP contribution in [0.25, 0.3) is 0 Å². The van der Waals surface area contributed by atoms with E-state index in [9.17, 15) is 4.79 Å². The van der Waals surface area contributed by atoms with E-state index in [1.165, 1.54) is 0 Å². The number of hydrogen-bond acceptors (Lipinski definition) is 3. The summed E-state index contributed by atoms with van der Waals surface area (Å²) in [5.41, 5.74) is 1.95. The highest BCUT2D eigenvalue weighted by molar-refractivity contribution is 9.10. The maximum absolute atomic E-state index is 12.4. The molecule has 2 aromatic rings. The molecule has 8 heteroatoms. The number of carbonyl (C=O) groups excluding carboxylic acids is 1. The first-order valence-corrected chi connectivity index (χ1v) is 7.11. The Bertz CT molecular complexity index is 644. The molecule has 0 bridgehead atoms. The molecule has 0 saturated carbocycles. The van der Waals surface area contributed by atoms with E-state index < -0.39 is 0 Å². The maximum atomic E-state index is 12.4. The van der Waals surface area contributed by atoms with E-state index in [1.54, 1.807) is 34.6 Å². The lowest BCUT2D eigenvalue weighted by molar-refractivity contribution is 0.0775. The van der Waals surface area contributed by atoms with Crippen LogP contribution in [0, 0.1) is 6.92 Å². The fourth-order valence-corrected chi connectivity index (χ4v) is 2.52. The number of aryl methyl sites for hydroxylation is 2. The third-order valence-electron chi connectivity index (χ3n) is 3.21. The van der Waals surface area contributed by atoms with Crippen molar-refractivity contribution in [2.75, 3.05) is 7.05 Å². The molecule has 1 amide bonds. The first kappa shape index (κ1) is 15.1. The third kappa shape index (κ3) is 2.60. The van der Waals surface area contributed by atoms with Crippen molar-refractivity contribution < 1.29 is 4.79 Å². The molecule has 108 valence electrons. The van der Waals surface area contributed by atoms with Crippen molar-refractivity contribution in [2.24, 2.45) is 14.1 Å². The van der Waals surface area contributed by atoms with Gasteiger partial charge < -0.3 is 4.90 Å². The molecule has 0 aliphatic carbocycles. The quantitative estimate of drug-likeness (QED) is 0.843. The Morgan fingerprint density at radius 3 is 2.55 bits per heavy atom. The van der Waals surface area contributed by atoms with Crippen LogP contribution < -0.4 is 0 Å². The number of rotatable bonds is 3. The summed E-state index contributed by atoms with van der Waals surface area (Å²) in [6.45, 7) is 2.24. The van der Waals surface area contributed by atoms with Gasteiger partial charge >= 0.3 is 0 Å². The fraction of sp³-hybridized carbons (Fsp3) is 0.417. The van der Waals surface area contributed by atoms with E-state index in [1.807, 2.05) is 14.0 Å². The lowest BCUT2D eigenvalue weighted by Gasteiger charge is -2.16. The van der Waals surface area contributed by atoms with E-state index >= 15 is 0 Å². The average molecular weight is 361 g/mol. The summed E-state index contributed by atoms with van der Waals surface area (Å²) in [7, 11) is 5.30. The average Bonchev–Trinajstić information content (AvgIpc) is 2.85. The molecule has 2 rings (SSSR count). The van der Waals surface area contributed by atoms with Crippen LogP contribution >= 0.6 is 27.5 Å². The van der Waals surface area contributed by atoms with Gasteiger partial charge in [0.05, 0.1) is 33.6 Å². The Morgan fingerprint density at radius 1 is 1.45 bits per heavy atom. The summed E-state index contributed by atoms with van der Waals surface area (Å²) in [6, 6.07) is 0. The predicted octanol–water partition coefficient (Wildman–Crippen LogP) is 2.15. The van der Waals surface area contributed by atoms with Crippen molar-refractivity contribution >= 4 is 33.4 Å². The van der Waals surface area contributed by atoms with Crippen molar-refractivity contribution in [2.45, 2.75) is 13.5 Å². The first-order chi connectivity index (χ1) is 9.32. The van der Waals surface area contributed by atoms with Gasteiger partial charge in [-0.1, -0.05) is 11.6 Å². The highest BCUT2D eigenvalue weighted by Crippen LogP contribution is 2.22. The summed E-state index contributed by atoms with van der Waals surface area (Å²) < 4.78 is 4.19. The van der Waals surface area contributed by atoms with Crippen molar-refractivity contribution in [3.63, 3.8) is 0 Å². The molecule has 0 atom stereocenters. The summed E-state index contributed by atoms with van der Waals surface area (Å²) >= 11 is 9.55. The SMILES string of the molecule is Cc1c(Cl)c(C(=O)N(C)Cc2c(Br)cnn2C)nn1C. The molecule has 0 aliphatic rings. The second-order valence-corrected chi connectivity index (χ2v) is 5.83. The van der Waals surface area contributed by atoms with E-state index in [-0.39, 0.29) is 11.6 Å². The van der Waals surface area contributed by atoms with Crippen LogP contribution in [-0.2, 0) is 20.6 Å². The molecule has 0 N–H and O–H groups in total. The van der Waals surface area contributed by atoms with Gasteiger partial charge in [-0.2, -0.15) is 10.2 Å². The molecule has 0 unspecified atom stereocenters. The van der Waals surface area contributed by atoms with Gasteiger partial charge in [-0.3, -0.25) is 14.2 Å². The number of aromatic nitrogens is 4. The topological polar surface area (TPSA) is 56.0 Å². The zero-order chi connectivity index (χ0) is 15.0. The first-order valence-electron chi connectivity index (χ1n) is 5.93. The van der Waals surface area contributed by atoms with Gasteiger partial charge in [0.15, 0.2) is 5.69 Å². The van der Waals surface area contributed by atoms with Crippen LogP contribution in [0.4, 0.5) is 0 Å². The number of halogens is 2. The number of hydrogen-bond donors (Lipinski definition) is 0. The highest BCUT2D eigenvalue weighted by Gasteiger charge is 2.22. The Hall–Kier alpha value is -1.34. The Balaban J connectivity index is 2.23. The van der Waals surface area contributed by atoms with Gasteiger partial charge in [-0.05, 0) is 22.9 Å². The van der Waals surface area contributed by atoms with Gasteiger partial charge in [0.1, 0.15) is 0 Å².